The minimum atomic E-state index is -0.0648. The Labute approximate surface area is 199 Å². The van der Waals surface area contributed by atoms with Crippen LogP contribution in [0.3, 0.4) is 0 Å². The molecule has 7 heteroatoms. The molecule has 2 unspecified atom stereocenters. The van der Waals surface area contributed by atoms with Crippen molar-refractivity contribution in [2.45, 2.75) is 18.6 Å². The van der Waals surface area contributed by atoms with E-state index in [1.165, 1.54) is 5.69 Å². The van der Waals surface area contributed by atoms with E-state index in [-0.39, 0.29) is 12.1 Å². The number of nitrogens with zero attached hydrogens (tertiary/aromatic N) is 5. The molecule has 0 radical (unpaired) electrons. The molecule has 1 saturated heterocycles. The Morgan fingerprint density at radius 2 is 1.82 bits per heavy atom. The van der Waals surface area contributed by atoms with Crippen LogP contribution in [0.15, 0.2) is 91.5 Å². The maximum atomic E-state index is 5.83. The van der Waals surface area contributed by atoms with Crippen molar-refractivity contribution in [2.75, 3.05) is 19.0 Å². The van der Waals surface area contributed by atoms with Crippen molar-refractivity contribution in [3.05, 3.63) is 108 Å². The van der Waals surface area contributed by atoms with Crippen molar-refractivity contribution in [1.82, 2.24) is 24.8 Å². The van der Waals surface area contributed by atoms with E-state index in [1.54, 1.807) is 6.20 Å². The van der Waals surface area contributed by atoms with Gasteiger partial charge >= 0.3 is 0 Å². The molecule has 2 atom stereocenters. The van der Waals surface area contributed by atoms with Crippen LogP contribution in [-0.2, 0) is 6.54 Å². The van der Waals surface area contributed by atoms with E-state index in [4.69, 9.17) is 12.2 Å². The largest absolute Gasteiger partial charge is 0.378 e. The van der Waals surface area contributed by atoms with Crippen molar-refractivity contribution in [3.8, 4) is 5.69 Å². The summed E-state index contributed by atoms with van der Waals surface area (Å²) in [5.74, 6) is 0. The lowest BCUT2D eigenvalue weighted by Crippen LogP contribution is -2.30. The molecule has 6 nitrogen and oxygen atoms in total. The van der Waals surface area contributed by atoms with Gasteiger partial charge < -0.3 is 19.7 Å². The molecule has 4 heterocycles. The summed E-state index contributed by atoms with van der Waals surface area (Å²) in [6.07, 6.45) is 7.63. The summed E-state index contributed by atoms with van der Waals surface area (Å²) in [6.45, 7) is 0.665. The zero-order valence-corrected chi connectivity index (χ0v) is 19.5. The number of rotatable bonds is 6. The summed E-state index contributed by atoms with van der Waals surface area (Å²) in [4.78, 5) is 13.3. The highest BCUT2D eigenvalue weighted by Crippen LogP contribution is 2.40. The standard InChI is InChI=1S/C26H26N6S/c1-30(2)20-10-12-21(13-11-20)31-16-6-9-23(31)25-24(22-8-3-4-15-28-22)29-26(33)32(25)18-19-7-5-14-27-17-19/h3-17,24-25H,18H2,1-2H3,(H,29,33). The molecule has 3 aromatic heterocycles. The van der Waals surface area contributed by atoms with Crippen molar-refractivity contribution in [1.29, 1.82) is 0 Å². The molecule has 1 fully saturated rings. The summed E-state index contributed by atoms with van der Waals surface area (Å²) in [7, 11) is 4.10. The minimum absolute atomic E-state index is 0.0314. The normalized spacial score (nSPS) is 17.8. The van der Waals surface area contributed by atoms with Gasteiger partial charge in [-0.25, -0.2) is 0 Å². The summed E-state index contributed by atoms with van der Waals surface area (Å²) in [5.41, 5.74) is 5.51. The van der Waals surface area contributed by atoms with Gasteiger partial charge in [0.05, 0.1) is 17.8 Å². The van der Waals surface area contributed by atoms with Gasteiger partial charge in [-0.2, -0.15) is 0 Å². The van der Waals surface area contributed by atoms with E-state index in [9.17, 15) is 0 Å². The van der Waals surface area contributed by atoms with E-state index >= 15 is 0 Å². The van der Waals surface area contributed by atoms with Gasteiger partial charge in [-0.1, -0.05) is 12.1 Å². The summed E-state index contributed by atoms with van der Waals surface area (Å²) in [6, 6.07) is 22.8. The van der Waals surface area contributed by atoms with E-state index in [2.05, 4.69) is 98.5 Å². The Kier molecular flexibility index (Phi) is 5.79. The van der Waals surface area contributed by atoms with Gasteiger partial charge in [-0.15, -0.1) is 0 Å². The number of nitrogens with one attached hydrogen (secondary N) is 1. The highest BCUT2D eigenvalue weighted by Gasteiger charge is 2.41. The summed E-state index contributed by atoms with van der Waals surface area (Å²) < 4.78 is 2.24. The van der Waals surface area contributed by atoms with Gasteiger partial charge in [0, 0.05) is 62.5 Å². The van der Waals surface area contributed by atoms with Crippen LogP contribution in [-0.4, -0.2) is 38.6 Å². The van der Waals surface area contributed by atoms with Crippen molar-refractivity contribution >= 4 is 23.0 Å². The first-order chi connectivity index (χ1) is 16.1. The predicted molar refractivity (Wildman–Crippen MR) is 135 cm³/mol. The average Bonchev–Trinajstić information content (AvgIpc) is 3.45. The van der Waals surface area contributed by atoms with E-state index in [1.807, 2.05) is 30.6 Å². The van der Waals surface area contributed by atoms with Crippen molar-refractivity contribution in [3.63, 3.8) is 0 Å². The lowest BCUT2D eigenvalue weighted by atomic mass is 10.0. The molecule has 0 bridgehead atoms. The Hall–Kier alpha value is -3.71. The number of hydrogen-bond donors (Lipinski definition) is 1. The van der Waals surface area contributed by atoms with Crippen LogP contribution >= 0.6 is 12.2 Å². The van der Waals surface area contributed by atoms with Crippen molar-refractivity contribution in [2.24, 2.45) is 0 Å². The fraction of sp³-hybridized carbons (Fsp3) is 0.192. The quantitative estimate of drug-likeness (QED) is 0.433. The van der Waals surface area contributed by atoms with Crippen LogP contribution in [0.5, 0.6) is 0 Å². The van der Waals surface area contributed by atoms with Crippen LogP contribution in [0.1, 0.15) is 29.0 Å². The van der Waals surface area contributed by atoms with Gasteiger partial charge in [-0.05, 0) is 72.4 Å². The van der Waals surface area contributed by atoms with Gasteiger partial charge in [-0.3, -0.25) is 9.97 Å². The molecule has 4 aromatic rings. The molecule has 1 N–H and O–H groups in total. The third kappa shape index (κ3) is 4.19. The van der Waals surface area contributed by atoms with Crippen LogP contribution in [0.4, 0.5) is 5.69 Å². The number of hydrogen-bond acceptors (Lipinski definition) is 4. The number of thiocarbonyl (C=S) groups is 1. The first-order valence-corrected chi connectivity index (χ1v) is 11.3. The highest BCUT2D eigenvalue weighted by molar-refractivity contribution is 7.80. The highest BCUT2D eigenvalue weighted by atomic mass is 32.1. The molecular formula is C26H26N6S. The molecule has 1 aliphatic heterocycles. The fourth-order valence-corrected chi connectivity index (χ4v) is 4.67. The maximum Gasteiger partial charge on any atom is 0.170 e. The molecule has 5 rings (SSSR count). The Morgan fingerprint density at radius 1 is 0.970 bits per heavy atom. The molecule has 166 valence electrons. The average molecular weight is 455 g/mol. The van der Waals surface area contributed by atoms with Crippen LogP contribution in [0, 0.1) is 0 Å². The monoisotopic (exact) mass is 454 g/mol. The maximum absolute atomic E-state index is 5.83. The third-order valence-electron chi connectivity index (χ3n) is 6.00. The molecule has 1 aromatic carbocycles. The summed E-state index contributed by atoms with van der Waals surface area (Å²) >= 11 is 5.83. The first-order valence-electron chi connectivity index (χ1n) is 10.9. The van der Waals surface area contributed by atoms with Gasteiger partial charge in [0.1, 0.15) is 0 Å². The Balaban J connectivity index is 1.57. The third-order valence-corrected chi connectivity index (χ3v) is 6.35. The number of pyridine rings is 2. The smallest absolute Gasteiger partial charge is 0.170 e. The first kappa shape index (κ1) is 21.2. The topological polar surface area (TPSA) is 49.2 Å². The number of aromatic nitrogens is 3. The van der Waals surface area contributed by atoms with Crippen molar-refractivity contribution < 1.29 is 0 Å². The molecule has 0 spiro atoms. The lowest BCUT2D eigenvalue weighted by molar-refractivity contribution is 0.302. The zero-order valence-electron chi connectivity index (χ0n) is 18.7. The Bertz CT molecular complexity index is 1220. The van der Waals surface area contributed by atoms with E-state index in [0.29, 0.717) is 6.54 Å². The molecule has 0 amide bonds. The fourth-order valence-electron chi connectivity index (χ4n) is 4.37. The molecule has 1 aliphatic rings. The van der Waals surface area contributed by atoms with Gasteiger partial charge in [0.15, 0.2) is 5.11 Å². The Morgan fingerprint density at radius 3 is 2.52 bits per heavy atom. The second-order valence-electron chi connectivity index (χ2n) is 8.33. The van der Waals surface area contributed by atoms with Gasteiger partial charge in [0.2, 0.25) is 0 Å². The number of anilines is 1. The predicted octanol–water partition coefficient (Wildman–Crippen LogP) is 4.51. The van der Waals surface area contributed by atoms with Crippen LogP contribution < -0.4 is 10.2 Å². The van der Waals surface area contributed by atoms with Crippen LogP contribution in [0.25, 0.3) is 5.69 Å². The van der Waals surface area contributed by atoms with Gasteiger partial charge in [0.25, 0.3) is 0 Å². The van der Waals surface area contributed by atoms with Crippen LogP contribution in [0.2, 0.25) is 0 Å². The van der Waals surface area contributed by atoms with E-state index in [0.717, 1.165) is 27.8 Å². The molecule has 0 saturated carbocycles. The second kappa shape index (κ2) is 9.03. The second-order valence-corrected chi connectivity index (χ2v) is 8.72. The molecule has 0 aliphatic carbocycles. The minimum Gasteiger partial charge on any atom is -0.378 e. The zero-order chi connectivity index (χ0) is 22.8. The van der Waals surface area contributed by atoms with E-state index < -0.39 is 0 Å². The summed E-state index contributed by atoms with van der Waals surface area (Å²) in [5, 5.41) is 4.25. The molecular weight excluding hydrogens is 428 g/mol. The number of benzene rings is 1. The lowest BCUT2D eigenvalue weighted by Gasteiger charge is -2.29. The molecule has 33 heavy (non-hydrogen) atoms. The SMILES string of the molecule is CN(C)c1ccc(-n2cccc2C2C(c3ccccn3)NC(=S)N2Cc2cccnc2)cc1.